The van der Waals surface area contributed by atoms with E-state index in [9.17, 15) is 0 Å². The van der Waals surface area contributed by atoms with Gasteiger partial charge in [0.15, 0.2) is 0 Å². The Balaban J connectivity index is 2.67. The second-order valence-electron chi connectivity index (χ2n) is 2.12. The van der Waals surface area contributed by atoms with Gasteiger partial charge in [-0.15, -0.1) is 0 Å². The van der Waals surface area contributed by atoms with Crippen molar-refractivity contribution < 1.29 is 4.74 Å². The first kappa shape index (κ1) is 8.74. The van der Waals surface area contributed by atoms with Gasteiger partial charge in [-0.25, -0.2) is 0 Å². The zero-order chi connectivity index (χ0) is 7.61. The van der Waals surface area contributed by atoms with Crippen LogP contribution in [0.15, 0.2) is 21.8 Å². The van der Waals surface area contributed by atoms with E-state index in [-0.39, 0.29) is 4.51 Å². The van der Waals surface area contributed by atoms with E-state index in [2.05, 4.69) is 44.6 Å². The molecular weight excluding hydrogens is 307 g/mol. The van der Waals surface area contributed by atoms with Crippen LogP contribution in [-0.2, 0) is 4.74 Å². The molecule has 0 spiro atoms. The third-order valence-electron chi connectivity index (χ3n) is 1.41. The maximum Gasteiger partial charge on any atom is 0.144 e. The topological polar surface area (TPSA) is 9.23 Å². The van der Waals surface area contributed by atoms with E-state index in [1.165, 1.54) is 3.58 Å². The van der Waals surface area contributed by atoms with Crippen molar-refractivity contribution in [2.24, 2.45) is 0 Å². The van der Waals surface area contributed by atoms with Gasteiger partial charge < -0.3 is 4.74 Å². The standard InChI is InChI=1S/C7H8BrIO/c1-10-7(8)4-2-6(9)3-5-7/h2-4H,5H2,1H3. The molecule has 0 heterocycles. The monoisotopic (exact) mass is 314 g/mol. The van der Waals surface area contributed by atoms with Crippen molar-refractivity contribution in [2.45, 2.75) is 10.9 Å². The van der Waals surface area contributed by atoms with Crippen molar-refractivity contribution in [3.63, 3.8) is 0 Å². The molecule has 10 heavy (non-hydrogen) atoms. The number of rotatable bonds is 1. The summed E-state index contributed by atoms with van der Waals surface area (Å²) in [5.41, 5.74) is 0. The van der Waals surface area contributed by atoms with Crippen LogP contribution < -0.4 is 0 Å². The molecule has 0 aromatic heterocycles. The molecule has 3 heteroatoms. The van der Waals surface area contributed by atoms with Gasteiger partial charge in [0.1, 0.15) is 4.51 Å². The van der Waals surface area contributed by atoms with E-state index in [1.807, 2.05) is 12.2 Å². The summed E-state index contributed by atoms with van der Waals surface area (Å²) in [6, 6.07) is 0. The quantitative estimate of drug-likeness (QED) is 0.534. The first-order valence-electron chi connectivity index (χ1n) is 2.95. The van der Waals surface area contributed by atoms with E-state index < -0.39 is 0 Å². The SMILES string of the molecule is COC1(Br)C=CC(I)=CC1. The Morgan fingerprint density at radius 2 is 2.50 bits per heavy atom. The summed E-state index contributed by atoms with van der Waals surface area (Å²) >= 11 is 5.75. The molecular formula is C7H8BrIO. The third kappa shape index (κ3) is 2.07. The van der Waals surface area contributed by atoms with Crippen molar-refractivity contribution in [3.8, 4) is 0 Å². The number of ether oxygens (including phenoxy) is 1. The van der Waals surface area contributed by atoms with Crippen molar-refractivity contribution in [1.29, 1.82) is 0 Å². The molecule has 1 rings (SSSR count). The van der Waals surface area contributed by atoms with Crippen LogP contribution in [0.2, 0.25) is 0 Å². The molecule has 0 amide bonds. The van der Waals surface area contributed by atoms with Crippen LogP contribution in [0.1, 0.15) is 6.42 Å². The van der Waals surface area contributed by atoms with Crippen molar-refractivity contribution in [1.82, 2.24) is 0 Å². The van der Waals surface area contributed by atoms with Crippen molar-refractivity contribution in [3.05, 3.63) is 21.8 Å². The molecule has 1 nitrogen and oxygen atoms in total. The fraction of sp³-hybridized carbons (Fsp3) is 0.429. The first-order valence-corrected chi connectivity index (χ1v) is 4.82. The van der Waals surface area contributed by atoms with Crippen LogP contribution in [-0.4, -0.2) is 11.6 Å². The molecule has 1 unspecified atom stereocenters. The van der Waals surface area contributed by atoms with Crippen LogP contribution in [0.3, 0.4) is 0 Å². The summed E-state index contributed by atoms with van der Waals surface area (Å²) in [5.74, 6) is 0. The van der Waals surface area contributed by atoms with Gasteiger partial charge in [0, 0.05) is 17.1 Å². The van der Waals surface area contributed by atoms with Gasteiger partial charge in [-0.2, -0.15) is 0 Å². The second kappa shape index (κ2) is 3.36. The fourth-order valence-corrected chi connectivity index (χ4v) is 1.42. The minimum Gasteiger partial charge on any atom is -0.363 e. The summed E-state index contributed by atoms with van der Waals surface area (Å²) < 4.78 is 6.23. The lowest BCUT2D eigenvalue weighted by molar-refractivity contribution is 0.119. The van der Waals surface area contributed by atoms with E-state index in [0.717, 1.165) is 6.42 Å². The lowest BCUT2D eigenvalue weighted by atomic mass is 10.1. The summed E-state index contributed by atoms with van der Waals surface area (Å²) in [6.45, 7) is 0. The Labute approximate surface area is 82.8 Å². The van der Waals surface area contributed by atoms with Gasteiger partial charge in [-0.1, -0.05) is 6.08 Å². The Hall–Kier alpha value is 0.650. The Kier molecular flexibility index (Phi) is 2.94. The number of hydrogen-bond acceptors (Lipinski definition) is 1. The van der Waals surface area contributed by atoms with Crippen LogP contribution in [0.4, 0.5) is 0 Å². The van der Waals surface area contributed by atoms with Gasteiger partial charge in [-0.05, 0) is 50.7 Å². The highest BCUT2D eigenvalue weighted by Gasteiger charge is 2.22. The molecule has 0 N–H and O–H groups in total. The number of alkyl halides is 1. The highest BCUT2D eigenvalue weighted by molar-refractivity contribution is 14.1. The average molecular weight is 315 g/mol. The van der Waals surface area contributed by atoms with Gasteiger partial charge >= 0.3 is 0 Å². The molecule has 0 aliphatic heterocycles. The van der Waals surface area contributed by atoms with E-state index in [4.69, 9.17) is 4.74 Å². The smallest absolute Gasteiger partial charge is 0.144 e. The zero-order valence-electron chi connectivity index (χ0n) is 5.60. The maximum absolute atomic E-state index is 5.21. The summed E-state index contributed by atoms with van der Waals surface area (Å²) in [6.07, 6.45) is 7.11. The number of halogens is 2. The minimum absolute atomic E-state index is 0.248. The molecule has 1 aliphatic carbocycles. The highest BCUT2D eigenvalue weighted by Crippen LogP contribution is 2.31. The molecule has 1 atom stereocenters. The number of allylic oxidation sites excluding steroid dienone is 2. The second-order valence-corrected chi connectivity index (χ2v) is 4.70. The van der Waals surface area contributed by atoms with Gasteiger partial charge in [0.25, 0.3) is 0 Å². The maximum atomic E-state index is 5.21. The molecule has 0 saturated carbocycles. The molecule has 0 fully saturated rings. The molecule has 1 aliphatic rings. The molecule has 0 bridgehead atoms. The zero-order valence-corrected chi connectivity index (χ0v) is 9.35. The van der Waals surface area contributed by atoms with Gasteiger partial charge in [-0.3, -0.25) is 0 Å². The average Bonchev–Trinajstić information content (AvgIpc) is 1.96. The predicted octanol–water partition coefficient (Wildman–Crippen LogP) is 3.00. The Morgan fingerprint density at radius 1 is 1.80 bits per heavy atom. The molecule has 0 radical (unpaired) electrons. The van der Waals surface area contributed by atoms with Crippen LogP contribution in [0.5, 0.6) is 0 Å². The predicted molar refractivity (Wildman–Crippen MR) is 54.5 cm³/mol. The van der Waals surface area contributed by atoms with E-state index >= 15 is 0 Å². The lowest BCUT2D eigenvalue weighted by Gasteiger charge is -2.22. The van der Waals surface area contributed by atoms with Crippen molar-refractivity contribution in [2.75, 3.05) is 7.11 Å². The van der Waals surface area contributed by atoms with Gasteiger partial charge in [0.2, 0.25) is 0 Å². The molecule has 0 aromatic rings. The minimum atomic E-state index is -0.248. The molecule has 0 saturated heterocycles. The normalized spacial score (nSPS) is 32.1. The van der Waals surface area contributed by atoms with Crippen molar-refractivity contribution >= 4 is 38.5 Å². The Bertz CT molecular complexity index is 188. The summed E-state index contributed by atoms with van der Waals surface area (Å²) in [5, 5.41) is 0. The van der Waals surface area contributed by atoms with Crippen LogP contribution >= 0.6 is 38.5 Å². The third-order valence-corrected chi connectivity index (χ3v) is 3.12. The fourth-order valence-electron chi connectivity index (χ4n) is 0.728. The lowest BCUT2D eigenvalue weighted by Crippen LogP contribution is -2.20. The van der Waals surface area contributed by atoms with Gasteiger partial charge in [0.05, 0.1) is 0 Å². The molecule has 0 aromatic carbocycles. The summed E-state index contributed by atoms with van der Waals surface area (Å²) in [4.78, 5) is 0. The molecule has 56 valence electrons. The number of hydrogen-bond donors (Lipinski definition) is 0. The highest BCUT2D eigenvalue weighted by atomic mass is 127. The van der Waals surface area contributed by atoms with E-state index in [1.54, 1.807) is 7.11 Å². The first-order chi connectivity index (χ1) is 4.66. The Morgan fingerprint density at radius 3 is 2.90 bits per heavy atom. The number of methoxy groups -OCH3 is 1. The van der Waals surface area contributed by atoms with Crippen LogP contribution in [0.25, 0.3) is 0 Å². The largest absolute Gasteiger partial charge is 0.363 e. The summed E-state index contributed by atoms with van der Waals surface area (Å²) in [7, 11) is 1.70. The van der Waals surface area contributed by atoms with E-state index in [0.29, 0.717) is 0 Å². The van der Waals surface area contributed by atoms with Crippen LogP contribution in [0, 0.1) is 0 Å².